The highest BCUT2D eigenvalue weighted by atomic mass is 35.5. The van der Waals surface area contributed by atoms with Gasteiger partial charge in [-0.2, -0.15) is 0 Å². The zero-order valence-corrected chi connectivity index (χ0v) is 23.3. The first-order valence-corrected chi connectivity index (χ1v) is 12.1. The molecular formula is C29H46ClNO3. The average molecular weight is 492 g/mol. The number of halogens is 1. The number of benzene rings is 2. The lowest BCUT2D eigenvalue weighted by Gasteiger charge is -2.33. The van der Waals surface area contributed by atoms with Crippen molar-refractivity contribution in [3.63, 3.8) is 0 Å². The zero-order chi connectivity index (χ0) is 24.7. The smallest absolute Gasteiger partial charge is 0.126 e. The minimum absolute atomic E-state index is 0. The van der Waals surface area contributed by atoms with E-state index in [1.807, 2.05) is 12.1 Å². The lowest BCUT2D eigenvalue weighted by Crippen LogP contribution is -3.00. The molecule has 0 radical (unpaired) electrons. The van der Waals surface area contributed by atoms with Crippen molar-refractivity contribution >= 4 is 0 Å². The fraction of sp³-hybridized carbons (Fsp3) is 0.586. The van der Waals surface area contributed by atoms with E-state index in [-0.39, 0.29) is 23.2 Å². The SMILES string of the molecule is Cc1ccc(C[N+](C)(C)CC(O)COCCOc2ccc(C(C)(C)CC(C)(C)C)cc2)cc1.[Cl-]. The summed E-state index contributed by atoms with van der Waals surface area (Å²) in [5.41, 5.74) is 4.28. The van der Waals surface area contributed by atoms with Crippen LogP contribution in [0.3, 0.4) is 0 Å². The van der Waals surface area contributed by atoms with Crippen molar-refractivity contribution in [2.45, 2.75) is 66.0 Å². The summed E-state index contributed by atoms with van der Waals surface area (Å²) in [6.07, 6.45) is 0.617. The van der Waals surface area contributed by atoms with Crippen LogP contribution in [0.15, 0.2) is 48.5 Å². The second-order valence-electron chi connectivity index (χ2n) is 12.0. The van der Waals surface area contributed by atoms with Crippen LogP contribution < -0.4 is 17.1 Å². The molecule has 1 unspecified atom stereocenters. The van der Waals surface area contributed by atoms with Crippen molar-refractivity contribution in [2.24, 2.45) is 5.41 Å². The Morgan fingerprint density at radius 3 is 2.03 bits per heavy atom. The fourth-order valence-corrected chi connectivity index (χ4v) is 4.74. The topological polar surface area (TPSA) is 38.7 Å². The molecule has 192 valence electrons. The first-order chi connectivity index (χ1) is 15.3. The van der Waals surface area contributed by atoms with E-state index in [0.717, 1.165) is 18.7 Å². The first kappa shape index (κ1) is 30.4. The average Bonchev–Trinajstić information content (AvgIpc) is 2.67. The van der Waals surface area contributed by atoms with Crippen molar-refractivity contribution in [1.29, 1.82) is 0 Å². The Morgan fingerprint density at radius 2 is 1.47 bits per heavy atom. The summed E-state index contributed by atoms with van der Waals surface area (Å²) in [7, 11) is 4.28. The number of likely N-dealkylation sites (N-methyl/N-ethyl adjacent to an activating group) is 1. The van der Waals surface area contributed by atoms with Crippen LogP contribution in [0.5, 0.6) is 5.75 Å². The minimum Gasteiger partial charge on any atom is -1.00 e. The standard InChI is InChI=1S/C29H46NO3.ClH/c1-23-9-11-24(12-10-23)19-30(7,8)20-26(31)21-32-17-18-33-27-15-13-25(14-16-27)29(5,6)22-28(2,3)4;/h9-16,26,31H,17-22H2,1-8H3;1H/q+1;/p-1. The number of rotatable bonds is 12. The molecule has 2 aromatic carbocycles. The molecule has 0 amide bonds. The zero-order valence-electron chi connectivity index (χ0n) is 22.5. The van der Waals surface area contributed by atoms with Gasteiger partial charge in [0.2, 0.25) is 0 Å². The van der Waals surface area contributed by atoms with Crippen LogP contribution in [0.25, 0.3) is 0 Å². The van der Waals surface area contributed by atoms with Crippen LogP contribution in [-0.2, 0) is 16.7 Å². The van der Waals surface area contributed by atoms with Gasteiger partial charge in [-0.05, 0) is 41.9 Å². The Morgan fingerprint density at radius 1 is 0.882 bits per heavy atom. The Bertz CT molecular complexity index is 839. The van der Waals surface area contributed by atoms with E-state index in [9.17, 15) is 5.11 Å². The summed E-state index contributed by atoms with van der Waals surface area (Å²) >= 11 is 0. The number of aliphatic hydroxyl groups is 1. The summed E-state index contributed by atoms with van der Waals surface area (Å²) in [5.74, 6) is 0.852. The molecular weight excluding hydrogens is 446 g/mol. The van der Waals surface area contributed by atoms with Crippen molar-refractivity contribution in [1.82, 2.24) is 0 Å². The van der Waals surface area contributed by atoms with E-state index in [1.165, 1.54) is 16.7 Å². The van der Waals surface area contributed by atoms with Crippen molar-refractivity contribution < 1.29 is 31.5 Å². The molecule has 0 aromatic heterocycles. The quantitative estimate of drug-likeness (QED) is 0.366. The molecule has 0 fully saturated rings. The highest BCUT2D eigenvalue weighted by Crippen LogP contribution is 2.36. The van der Waals surface area contributed by atoms with Gasteiger partial charge in [-0.25, -0.2) is 0 Å². The largest absolute Gasteiger partial charge is 1.00 e. The van der Waals surface area contributed by atoms with E-state index in [0.29, 0.717) is 30.8 Å². The molecule has 0 aliphatic heterocycles. The summed E-state index contributed by atoms with van der Waals surface area (Å²) in [6, 6.07) is 17.0. The van der Waals surface area contributed by atoms with Gasteiger partial charge in [-0.3, -0.25) is 0 Å². The normalized spacial score (nSPS) is 13.3. The van der Waals surface area contributed by atoms with Gasteiger partial charge in [0, 0.05) is 5.56 Å². The molecule has 4 nitrogen and oxygen atoms in total. The Balaban J connectivity index is 0.00000578. The Kier molecular flexibility index (Phi) is 11.6. The predicted octanol–water partition coefficient (Wildman–Crippen LogP) is 2.75. The van der Waals surface area contributed by atoms with Crippen molar-refractivity contribution in [2.75, 3.05) is 40.5 Å². The number of quaternary nitrogens is 1. The Hall–Kier alpha value is -1.59. The maximum atomic E-state index is 10.4. The molecule has 0 bridgehead atoms. The van der Waals surface area contributed by atoms with E-state index >= 15 is 0 Å². The van der Waals surface area contributed by atoms with E-state index in [1.54, 1.807) is 0 Å². The molecule has 5 heteroatoms. The lowest BCUT2D eigenvalue weighted by atomic mass is 9.72. The van der Waals surface area contributed by atoms with Crippen molar-refractivity contribution in [3.8, 4) is 5.75 Å². The predicted molar refractivity (Wildman–Crippen MR) is 138 cm³/mol. The number of ether oxygens (including phenoxy) is 2. The molecule has 34 heavy (non-hydrogen) atoms. The van der Waals surface area contributed by atoms with Crippen LogP contribution in [0, 0.1) is 12.3 Å². The number of hydrogen-bond donors (Lipinski definition) is 1. The fourth-order valence-electron chi connectivity index (χ4n) is 4.74. The second kappa shape index (κ2) is 12.9. The maximum absolute atomic E-state index is 10.4. The first-order valence-electron chi connectivity index (χ1n) is 12.1. The van der Waals surface area contributed by atoms with E-state index < -0.39 is 6.10 Å². The summed E-state index contributed by atoms with van der Waals surface area (Å²) < 4.78 is 12.2. The van der Waals surface area contributed by atoms with Crippen LogP contribution in [0.2, 0.25) is 0 Å². The van der Waals surface area contributed by atoms with Gasteiger partial charge in [-0.15, -0.1) is 0 Å². The van der Waals surface area contributed by atoms with Gasteiger partial charge in [0.1, 0.15) is 31.5 Å². The number of hydrogen-bond acceptors (Lipinski definition) is 3. The third kappa shape index (κ3) is 11.2. The third-order valence-corrected chi connectivity index (χ3v) is 5.85. The molecule has 2 rings (SSSR count). The molecule has 1 N–H and O–H groups in total. The number of aryl methyl sites for hydroxylation is 1. The minimum atomic E-state index is -0.505. The number of nitrogens with zero attached hydrogens (tertiary/aromatic N) is 1. The van der Waals surface area contributed by atoms with Crippen LogP contribution >= 0.6 is 0 Å². The molecule has 0 saturated heterocycles. The van der Waals surface area contributed by atoms with Gasteiger partial charge in [0.25, 0.3) is 0 Å². The van der Waals surface area contributed by atoms with Gasteiger partial charge in [0.15, 0.2) is 0 Å². The van der Waals surface area contributed by atoms with E-state index in [4.69, 9.17) is 9.47 Å². The monoisotopic (exact) mass is 491 g/mol. The van der Waals surface area contributed by atoms with Gasteiger partial charge >= 0.3 is 0 Å². The van der Waals surface area contributed by atoms with Crippen LogP contribution in [-0.4, -0.2) is 56.2 Å². The lowest BCUT2D eigenvalue weighted by molar-refractivity contribution is -0.906. The van der Waals surface area contributed by atoms with E-state index in [2.05, 4.69) is 92.0 Å². The summed E-state index contributed by atoms with van der Waals surface area (Å²) in [5, 5.41) is 10.4. The molecule has 1 atom stereocenters. The van der Waals surface area contributed by atoms with Crippen molar-refractivity contribution in [3.05, 3.63) is 65.2 Å². The highest BCUT2D eigenvalue weighted by molar-refractivity contribution is 5.31. The second-order valence-corrected chi connectivity index (χ2v) is 12.0. The summed E-state index contributed by atoms with van der Waals surface area (Å²) in [6.45, 7) is 16.3. The Labute approximate surface area is 214 Å². The third-order valence-electron chi connectivity index (χ3n) is 5.85. The molecule has 0 saturated carbocycles. The van der Waals surface area contributed by atoms with Gasteiger partial charge in [-0.1, -0.05) is 76.6 Å². The molecule has 0 aliphatic rings. The van der Waals surface area contributed by atoms with Crippen LogP contribution in [0.1, 0.15) is 57.7 Å². The molecule has 0 spiro atoms. The highest BCUT2D eigenvalue weighted by Gasteiger charge is 2.27. The molecule has 2 aromatic rings. The summed E-state index contributed by atoms with van der Waals surface area (Å²) in [4.78, 5) is 0. The van der Waals surface area contributed by atoms with Gasteiger partial charge < -0.3 is 31.5 Å². The maximum Gasteiger partial charge on any atom is 0.126 e. The molecule has 0 aliphatic carbocycles. The van der Waals surface area contributed by atoms with Gasteiger partial charge in [0.05, 0.1) is 27.3 Å². The van der Waals surface area contributed by atoms with Crippen LogP contribution in [0.4, 0.5) is 0 Å². The number of aliphatic hydroxyl groups excluding tert-OH is 1. The molecule has 0 heterocycles.